The van der Waals surface area contributed by atoms with Gasteiger partial charge in [0, 0.05) is 19.2 Å². The Morgan fingerprint density at radius 1 is 1.22 bits per heavy atom. The van der Waals surface area contributed by atoms with Gasteiger partial charge in [-0.05, 0) is 6.42 Å². The van der Waals surface area contributed by atoms with Crippen LogP contribution in [0.15, 0.2) is 0 Å². The van der Waals surface area contributed by atoms with Crippen molar-refractivity contribution in [2.45, 2.75) is 58.5 Å². The number of aliphatic hydroxyl groups is 1. The van der Waals surface area contributed by atoms with Gasteiger partial charge in [0.15, 0.2) is 0 Å². The fourth-order valence-corrected chi connectivity index (χ4v) is 1.97. The van der Waals surface area contributed by atoms with E-state index >= 15 is 0 Å². The quantitative estimate of drug-likeness (QED) is 0.500. The van der Waals surface area contributed by atoms with Gasteiger partial charge < -0.3 is 5.11 Å². The van der Waals surface area contributed by atoms with Crippen LogP contribution in [-0.4, -0.2) is 40.2 Å². The molecule has 4 nitrogen and oxygen atoms in total. The van der Waals surface area contributed by atoms with Crippen molar-refractivity contribution in [1.82, 2.24) is 4.90 Å². The van der Waals surface area contributed by atoms with Gasteiger partial charge in [-0.3, -0.25) is 14.5 Å². The lowest BCUT2D eigenvalue weighted by atomic mass is 10.1. The molecule has 0 spiro atoms. The van der Waals surface area contributed by atoms with Crippen molar-refractivity contribution in [3.8, 4) is 0 Å². The van der Waals surface area contributed by atoms with Gasteiger partial charge >= 0.3 is 0 Å². The predicted molar refractivity (Wildman–Crippen MR) is 75.6 cm³/mol. The summed E-state index contributed by atoms with van der Waals surface area (Å²) >= 11 is 4.00. The van der Waals surface area contributed by atoms with Crippen LogP contribution in [0.4, 0.5) is 0 Å². The maximum atomic E-state index is 11.8. The predicted octanol–water partition coefficient (Wildman–Crippen LogP) is 2.01. The van der Waals surface area contributed by atoms with Gasteiger partial charge in [-0.25, -0.2) is 0 Å². The zero-order chi connectivity index (χ0) is 14.0. The van der Waals surface area contributed by atoms with Crippen molar-refractivity contribution in [2.75, 3.05) is 12.3 Å². The Bertz CT molecular complexity index is 259. The molecule has 0 fully saturated rings. The fourth-order valence-electron chi connectivity index (χ4n) is 1.77. The molecule has 0 aliphatic rings. The van der Waals surface area contributed by atoms with Crippen LogP contribution in [0.1, 0.15) is 52.4 Å². The number of nitrogens with zero attached hydrogens (tertiary/aromatic N) is 1. The first-order chi connectivity index (χ1) is 8.54. The Kier molecular flexibility index (Phi) is 10.1. The number of rotatable bonds is 9. The second-order valence-electron chi connectivity index (χ2n) is 4.45. The number of imide groups is 1. The Balaban J connectivity index is 4.02. The van der Waals surface area contributed by atoms with E-state index in [0.717, 1.165) is 24.2 Å². The van der Waals surface area contributed by atoms with E-state index in [4.69, 9.17) is 0 Å². The van der Waals surface area contributed by atoms with Gasteiger partial charge in [0.1, 0.15) is 6.10 Å². The van der Waals surface area contributed by atoms with Gasteiger partial charge in [-0.2, -0.15) is 12.6 Å². The average Bonchev–Trinajstić information content (AvgIpc) is 2.34. The molecule has 0 heterocycles. The van der Waals surface area contributed by atoms with Crippen molar-refractivity contribution in [3.05, 3.63) is 0 Å². The first-order valence-corrected chi connectivity index (χ1v) is 7.28. The average molecular weight is 275 g/mol. The van der Waals surface area contributed by atoms with Crippen LogP contribution < -0.4 is 0 Å². The maximum Gasteiger partial charge on any atom is 0.258 e. The van der Waals surface area contributed by atoms with E-state index in [-0.39, 0.29) is 12.5 Å². The number of unbranched alkanes of at least 4 members (excludes halogenated alkanes) is 4. The third kappa shape index (κ3) is 7.01. The first kappa shape index (κ1) is 17.4. The van der Waals surface area contributed by atoms with Gasteiger partial charge in [0.25, 0.3) is 5.91 Å². The lowest BCUT2D eigenvalue weighted by molar-refractivity contribution is -0.149. The van der Waals surface area contributed by atoms with Gasteiger partial charge in [-0.1, -0.05) is 39.0 Å². The third-order valence-corrected chi connectivity index (χ3v) is 3.04. The van der Waals surface area contributed by atoms with Gasteiger partial charge in [-0.15, -0.1) is 0 Å². The van der Waals surface area contributed by atoms with Crippen molar-refractivity contribution in [3.63, 3.8) is 0 Å². The molecule has 0 saturated carbocycles. The normalized spacial score (nSPS) is 12.2. The molecule has 0 aromatic rings. The Morgan fingerprint density at radius 3 is 2.33 bits per heavy atom. The summed E-state index contributed by atoms with van der Waals surface area (Å²) in [6.07, 6.45) is 4.69. The molecule has 0 rings (SSSR count). The van der Waals surface area contributed by atoms with E-state index in [1.54, 1.807) is 0 Å². The van der Waals surface area contributed by atoms with E-state index in [2.05, 4.69) is 19.6 Å². The standard InChI is InChI=1S/C13H25NO3S/c1-3-4-5-6-7-8-12(16)13(17)14(9-10-18)11(2)15/h12,16,18H,3-10H2,1-2H3/t12-/m1/s1. The highest BCUT2D eigenvalue weighted by atomic mass is 32.1. The number of thiol groups is 1. The minimum atomic E-state index is -1.06. The molecule has 2 amide bonds. The van der Waals surface area contributed by atoms with Crippen molar-refractivity contribution in [1.29, 1.82) is 0 Å². The summed E-state index contributed by atoms with van der Waals surface area (Å²) in [6.45, 7) is 3.72. The summed E-state index contributed by atoms with van der Waals surface area (Å²) in [5, 5.41) is 9.75. The summed E-state index contributed by atoms with van der Waals surface area (Å²) in [6, 6.07) is 0. The minimum Gasteiger partial charge on any atom is -0.383 e. The molecule has 0 aromatic heterocycles. The third-order valence-electron chi connectivity index (χ3n) is 2.84. The lowest BCUT2D eigenvalue weighted by Crippen LogP contribution is -2.43. The highest BCUT2D eigenvalue weighted by Crippen LogP contribution is 2.09. The smallest absolute Gasteiger partial charge is 0.258 e. The van der Waals surface area contributed by atoms with Crippen LogP contribution in [0, 0.1) is 0 Å². The number of hydrogen-bond donors (Lipinski definition) is 2. The van der Waals surface area contributed by atoms with Crippen molar-refractivity contribution < 1.29 is 14.7 Å². The molecule has 0 radical (unpaired) electrons. The number of carbonyl (C=O) groups is 2. The Hall–Kier alpha value is -0.550. The number of hydrogen-bond acceptors (Lipinski definition) is 4. The number of amides is 2. The fraction of sp³-hybridized carbons (Fsp3) is 0.846. The SMILES string of the molecule is CCCCCCC[C@@H](O)C(=O)N(CCS)C(C)=O. The molecular weight excluding hydrogens is 250 g/mol. The van der Waals surface area contributed by atoms with E-state index in [9.17, 15) is 14.7 Å². The summed E-state index contributed by atoms with van der Waals surface area (Å²) in [5.74, 6) is -0.416. The summed E-state index contributed by atoms with van der Waals surface area (Å²) in [7, 11) is 0. The molecule has 5 heteroatoms. The van der Waals surface area contributed by atoms with Crippen LogP contribution >= 0.6 is 12.6 Å². The van der Waals surface area contributed by atoms with Gasteiger partial charge in [0.2, 0.25) is 5.91 Å². The highest BCUT2D eigenvalue weighted by molar-refractivity contribution is 7.80. The number of carbonyl (C=O) groups excluding carboxylic acids is 2. The monoisotopic (exact) mass is 275 g/mol. The lowest BCUT2D eigenvalue weighted by Gasteiger charge is -2.21. The van der Waals surface area contributed by atoms with E-state index < -0.39 is 12.0 Å². The molecule has 1 N–H and O–H groups in total. The second-order valence-corrected chi connectivity index (χ2v) is 4.90. The second kappa shape index (κ2) is 10.4. The molecule has 1 atom stereocenters. The molecule has 0 aliphatic heterocycles. The summed E-state index contributed by atoms with van der Waals surface area (Å²) in [4.78, 5) is 24.1. The van der Waals surface area contributed by atoms with Crippen LogP contribution in [0.3, 0.4) is 0 Å². The zero-order valence-corrected chi connectivity index (χ0v) is 12.3. The van der Waals surface area contributed by atoms with Crippen molar-refractivity contribution in [2.24, 2.45) is 0 Å². The topological polar surface area (TPSA) is 57.6 Å². The Labute approximate surface area is 115 Å². The molecular formula is C13H25NO3S. The van der Waals surface area contributed by atoms with Crippen LogP contribution in [-0.2, 0) is 9.59 Å². The van der Waals surface area contributed by atoms with Crippen LogP contribution in [0.2, 0.25) is 0 Å². The van der Waals surface area contributed by atoms with Gasteiger partial charge in [0.05, 0.1) is 0 Å². The number of aliphatic hydroxyl groups excluding tert-OH is 1. The molecule has 0 unspecified atom stereocenters. The van der Waals surface area contributed by atoms with E-state index in [0.29, 0.717) is 12.2 Å². The molecule has 18 heavy (non-hydrogen) atoms. The zero-order valence-electron chi connectivity index (χ0n) is 11.4. The largest absolute Gasteiger partial charge is 0.383 e. The van der Waals surface area contributed by atoms with Crippen molar-refractivity contribution >= 4 is 24.4 Å². The molecule has 0 aliphatic carbocycles. The summed E-state index contributed by atoms with van der Waals surface area (Å²) < 4.78 is 0. The molecule has 106 valence electrons. The highest BCUT2D eigenvalue weighted by Gasteiger charge is 2.24. The van der Waals surface area contributed by atoms with Crippen LogP contribution in [0.5, 0.6) is 0 Å². The summed E-state index contributed by atoms with van der Waals surface area (Å²) in [5.41, 5.74) is 0. The maximum absolute atomic E-state index is 11.8. The van der Waals surface area contributed by atoms with E-state index in [1.807, 2.05) is 0 Å². The minimum absolute atomic E-state index is 0.254. The van der Waals surface area contributed by atoms with Crippen LogP contribution in [0.25, 0.3) is 0 Å². The van der Waals surface area contributed by atoms with E-state index in [1.165, 1.54) is 19.8 Å². The Morgan fingerprint density at radius 2 is 1.83 bits per heavy atom. The molecule has 0 aromatic carbocycles. The molecule has 0 saturated heterocycles. The molecule has 0 bridgehead atoms. The first-order valence-electron chi connectivity index (χ1n) is 6.65.